The van der Waals surface area contributed by atoms with E-state index in [4.69, 9.17) is 0 Å². The summed E-state index contributed by atoms with van der Waals surface area (Å²) in [6, 6.07) is 0. The quantitative estimate of drug-likeness (QED) is 0.720. The molecule has 2 atom stereocenters. The van der Waals surface area contributed by atoms with E-state index in [-0.39, 0.29) is 5.54 Å². The molecular formula is C14H28N2O. The molecule has 2 unspecified atom stereocenters. The van der Waals surface area contributed by atoms with E-state index in [1.165, 1.54) is 38.5 Å². The standard InChI is InChI=1S/C14H28N2O/c1-13-4-2-6-14(12-17,7-5-13)16-10-3-8-15-9-11-16/h13,15,17H,2-12H2,1H3. The number of aliphatic hydroxyl groups is 1. The predicted octanol–water partition coefficient (Wildman–Crippen LogP) is 1.61. The number of nitrogens with zero attached hydrogens (tertiary/aromatic N) is 1. The van der Waals surface area contributed by atoms with Crippen molar-refractivity contribution in [3.8, 4) is 0 Å². The highest BCUT2D eigenvalue weighted by Gasteiger charge is 2.37. The minimum atomic E-state index is 0.0940. The van der Waals surface area contributed by atoms with Crippen molar-refractivity contribution in [1.29, 1.82) is 0 Å². The van der Waals surface area contributed by atoms with Crippen LogP contribution < -0.4 is 5.32 Å². The van der Waals surface area contributed by atoms with Crippen LogP contribution in [0.25, 0.3) is 0 Å². The molecular weight excluding hydrogens is 212 g/mol. The summed E-state index contributed by atoms with van der Waals surface area (Å²) in [5, 5.41) is 13.4. The van der Waals surface area contributed by atoms with Gasteiger partial charge in [0, 0.05) is 25.2 Å². The van der Waals surface area contributed by atoms with Crippen molar-refractivity contribution < 1.29 is 5.11 Å². The molecule has 2 aliphatic rings. The number of hydrogen-bond acceptors (Lipinski definition) is 3. The van der Waals surface area contributed by atoms with Crippen LogP contribution in [-0.2, 0) is 0 Å². The fourth-order valence-electron chi connectivity index (χ4n) is 3.46. The monoisotopic (exact) mass is 240 g/mol. The van der Waals surface area contributed by atoms with E-state index < -0.39 is 0 Å². The fourth-order valence-corrected chi connectivity index (χ4v) is 3.46. The van der Waals surface area contributed by atoms with Crippen molar-refractivity contribution in [3.05, 3.63) is 0 Å². The molecule has 0 amide bonds. The van der Waals surface area contributed by atoms with Crippen molar-refractivity contribution in [2.45, 2.75) is 51.0 Å². The van der Waals surface area contributed by atoms with E-state index in [0.717, 1.165) is 32.1 Å². The summed E-state index contributed by atoms with van der Waals surface area (Å²) < 4.78 is 0. The number of nitrogens with one attached hydrogen (secondary N) is 1. The van der Waals surface area contributed by atoms with Gasteiger partial charge in [-0.25, -0.2) is 0 Å². The number of rotatable bonds is 2. The van der Waals surface area contributed by atoms with Gasteiger partial charge in [-0.1, -0.05) is 19.8 Å². The van der Waals surface area contributed by atoms with Gasteiger partial charge in [0.25, 0.3) is 0 Å². The molecule has 2 rings (SSSR count). The summed E-state index contributed by atoms with van der Waals surface area (Å²) >= 11 is 0. The van der Waals surface area contributed by atoms with E-state index in [1.807, 2.05) is 0 Å². The zero-order valence-corrected chi connectivity index (χ0v) is 11.2. The third-order valence-corrected chi connectivity index (χ3v) is 4.75. The first-order valence-corrected chi connectivity index (χ1v) is 7.33. The molecule has 100 valence electrons. The van der Waals surface area contributed by atoms with Gasteiger partial charge in [-0.3, -0.25) is 4.90 Å². The lowest BCUT2D eigenvalue weighted by molar-refractivity contribution is 0.0204. The molecule has 1 saturated heterocycles. The highest BCUT2D eigenvalue weighted by molar-refractivity contribution is 4.93. The van der Waals surface area contributed by atoms with Crippen LogP contribution in [0.2, 0.25) is 0 Å². The first kappa shape index (κ1) is 13.3. The molecule has 0 radical (unpaired) electrons. The second-order valence-electron chi connectivity index (χ2n) is 6.01. The molecule has 2 N–H and O–H groups in total. The highest BCUT2D eigenvalue weighted by Crippen LogP contribution is 2.34. The average molecular weight is 240 g/mol. The predicted molar refractivity (Wildman–Crippen MR) is 71.1 cm³/mol. The minimum absolute atomic E-state index is 0.0940. The van der Waals surface area contributed by atoms with Crippen molar-refractivity contribution in [2.24, 2.45) is 5.92 Å². The zero-order valence-electron chi connectivity index (χ0n) is 11.2. The Morgan fingerprint density at radius 2 is 2.06 bits per heavy atom. The SMILES string of the molecule is CC1CCCC(CO)(N2CCCNCC2)CC1. The number of aliphatic hydroxyl groups excluding tert-OH is 1. The maximum Gasteiger partial charge on any atom is 0.0615 e. The Bertz CT molecular complexity index is 226. The molecule has 1 aliphatic carbocycles. The van der Waals surface area contributed by atoms with E-state index >= 15 is 0 Å². The molecule has 3 heteroatoms. The largest absolute Gasteiger partial charge is 0.394 e. The van der Waals surface area contributed by atoms with E-state index in [2.05, 4.69) is 17.1 Å². The van der Waals surface area contributed by atoms with E-state index in [1.54, 1.807) is 0 Å². The van der Waals surface area contributed by atoms with Crippen LogP contribution in [0.15, 0.2) is 0 Å². The molecule has 0 spiro atoms. The third kappa shape index (κ3) is 3.21. The Labute approximate surface area is 106 Å². The van der Waals surface area contributed by atoms with Crippen molar-refractivity contribution in [2.75, 3.05) is 32.8 Å². The van der Waals surface area contributed by atoms with Gasteiger partial charge < -0.3 is 10.4 Å². The molecule has 1 saturated carbocycles. The first-order chi connectivity index (χ1) is 8.27. The lowest BCUT2D eigenvalue weighted by atomic mass is 9.88. The van der Waals surface area contributed by atoms with Gasteiger partial charge in [0.1, 0.15) is 0 Å². The molecule has 1 heterocycles. The summed E-state index contributed by atoms with van der Waals surface area (Å²) in [6.07, 6.45) is 7.50. The first-order valence-electron chi connectivity index (χ1n) is 7.33. The van der Waals surface area contributed by atoms with Gasteiger partial charge in [-0.2, -0.15) is 0 Å². The van der Waals surface area contributed by atoms with Crippen molar-refractivity contribution in [1.82, 2.24) is 10.2 Å². The highest BCUT2D eigenvalue weighted by atomic mass is 16.3. The lowest BCUT2D eigenvalue weighted by Crippen LogP contribution is -2.52. The van der Waals surface area contributed by atoms with Crippen molar-refractivity contribution in [3.63, 3.8) is 0 Å². The molecule has 0 aromatic heterocycles. The molecule has 0 aromatic carbocycles. The van der Waals surface area contributed by atoms with Crippen LogP contribution in [0.3, 0.4) is 0 Å². The fraction of sp³-hybridized carbons (Fsp3) is 1.00. The zero-order chi connectivity index (χ0) is 12.1. The third-order valence-electron chi connectivity index (χ3n) is 4.75. The van der Waals surface area contributed by atoms with E-state index in [9.17, 15) is 5.11 Å². The Morgan fingerprint density at radius 3 is 2.88 bits per heavy atom. The lowest BCUT2D eigenvalue weighted by Gasteiger charge is -2.42. The Morgan fingerprint density at radius 1 is 1.18 bits per heavy atom. The average Bonchev–Trinajstić information content (AvgIpc) is 2.70. The van der Waals surface area contributed by atoms with Crippen LogP contribution >= 0.6 is 0 Å². The van der Waals surface area contributed by atoms with Crippen molar-refractivity contribution >= 4 is 0 Å². The molecule has 2 fully saturated rings. The molecule has 1 aliphatic heterocycles. The second kappa shape index (κ2) is 6.17. The minimum Gasteiger partial charge on any atom is -0.394 e. The van der Waals surface area contributed by atoms with Crippen LogP contribution in [-0.4, -0.2) is 48.3 Å². The smallest absolute Gasteiger partial charge is 0.0615 e. The summed E-state index contributed by atoms with van der Waals surface area (Å²) in [6.45, 7) is 7.18. The van der Waals surface area contributed by atoms with E-state index in [0.29, 0.717) is 6.61 Å². The Kier molecular flexibility index (Phi) is 4.83. The Hall–Kier alpha value is -0.120. The van der Waals surface area contributed by atoms with Gasteiger partial charge in [0.15, 0.2) is 0 Å². The van der Waals surface area contributed by atoms with Gasteiger partial charge in [-0.05, 0) is 38.1 Å². The second-order valence-corrected chi connectivity index (χ2v) is 6.01. The summed E-state index contributed by atoms with van der Waals surface area (Å²) in [5.41, 5.74) is 0.0940. The molecule has 3 nitrogen and oxygen atoms in total. The van der Waals surface area contributed by atoms with Crippen LogP contribution in [0.1, 0.15) is 45.4 Å². The maximum atomic E-state index is 9.93. The normalized spacial score (nSPS) is 37.4. The topological polar surface area (TPSA) is 35.5 Å². The van der Waals surface area contributed by atoms with Crippen LogP contribution in [0, 0.1) is 5.92 Å². The summed E-state index contributed by atoms with van der Waals surface area (Å²) in [5.74, 6) is 0.841. The Balaban J connectivity index is 2.05. The molecule has 17 heavy (non-hydrogen) atoms. The maximum absolute atomic E-state index is 9.93. The molecule has 0 aromatic rings. The van der Waals surface area contributed by atoms with Gasteiger partial charge in [0.2, 0.25) is 0 Å². The van der Waals surface area contributed by atoms with Gasteiger partial charge in [0.05, 0.1) is 6.61 Å². The molecule has 0 bridgehead atoms. The van der Waals surface area contributed by atoms with Gasteiger partial charge in [-0.15, -0.1) is 0 Å². The van der Waals surface area contributed by atoms with Gasteiger partial charge >= 0.3 is 0 Å². The van der Waals surface area contributed by atoms with Crippen LogP contribution in [0.5, 0.6) is 0 Å². The summed E-state index contributed by atoms with van der Waals surface area (Å²) in [4.78, 5) is 2.57. The van der Waals surface area contributed by atoms with Crippen LogP contribution in [0.4, 0.5) is 0 Å². The summed E-state index contributed by atoms with van der Waals surface area (Å²) in [7, 11) is 0. The number of hydrogen-bond donors (Lipinski definition) is 2.